The number of ether oxygens (including phenoxy) is 1. The molecule has 0 aromatic carbocycles. The Morgan fingerprint density at radius 2 is 1.80 bits per heavy atom. The minimum absolute atomic E-state index is 0.252. The van der Waals surface area contributed by atoms with Crippen molar-refractivity contribution >= 4 is 5.91 Å². The second kappa shape index (κ2) is 7.65. The Morgan fingerprint density at radius 1 is 1.13 bits per heavy atom. The van der Waals surface area contributed by atoms with E-state index in [4.69, 9.17) is 9.84 Å². The fraction of sp³-hybridized carbons (Fsp3) is 0.909. The summed E-state index contributed by atoms with van der Waals surface area (Å²) in [5.74, 6) is 0.252. The maximum Gasteiger partial charge on any atom is 0.222 e. The minimum Gasteiger partial charge on any atom is -0.396 e. The van der Waals surface area contributed by atoms with Gasteiger partial charge in [-0.1, -0.05) is 12.8 Å². The number of hydrogen-bond acceptors (Lipinski definition) is 3. The zero-order chi connectivity index (χ0) is 10.9. The number of hydrogen-bond donors (Lipinski definition) is 1. The molecule has 0 aromatic heterocycles. The smallest absolute Gasteiger partial charge is 0.222 e. The van der Waals surface area contributed by atoms with Crippen molar-refractivity contribution in [2.45, 2.75) is 32.1 Å². The number of nitrogens with zero attached hydrogens (tertiary/aromatic N) is 1. The molecule has 15 heavy (non-hydrogen) atoms. The largest absolute Gasteiger partial charge is 0.396 e. The number of unbranched alkanes of at least 4 members (excludes halogenated alkanes) is 3. The molecule has 0 saturated carbocycles. The van der Waals surface area contributed by atoms with E-state index in [2.05, 4.69) is 0 Å². The Morgan fingerprint density at radius 3 is 2.47 bits per heavy atom. The quantitative estimate of drug-likeness (QED) is 0.666. The molecule has 4 heteroatoms. The van der Waals surface area contributed by atoms with Crippen molar-refractivity contribution in [2.24, 2.45) is 0 Å². The molecule has 1 N–H and O–H groups in total. The molecule has 1 aliphatic rings. The lowest BCUT2D eigenvalue weighted by Gasteiger charge is -2.26. The summed E-state index contributed by atoms with van der Waals surface area (Å²) in [7, 11) is 0. The Labute approximate surface area is 91.2 Å². The molecule has 88 valence electrons. The third-order valence-corrected chi connectivity index (χ3v) is 2.66. The molecule has 1 heterocycles. The Bertz CT molecular complexity index is 179. The maximum atomic E-state index is 11.7. The van der Waals surface area contributed by atoms with Gasteiger partial charge in [-0.2, -0.15) is 0 Å². The first kappa shape index (κ1) is 12.5. The molecule has 0 bridgehead atoms. The normalized spacial score (nSPS) is 16.7. The van der Waals surface area contributed by atoms with E-state index in [1.165, 1.54) is 0 Å². The summed E-state index contributed by atoms with van der Waals surface area (Å²) >= 11 is 0. The Balaban J connectivity index is 2.02. The molecular formula is C11H21NO3. The number of amides is 1. The number of rotatable bonds is 6. The molecule has 1 saturated heterocycles. The first-order chi connectivity index (χ1) is 7.34. The summed E-state index contributed by atoms with van der Waals surface area (Å²) in [5.41, 5.74) is 0. The highest BCUT2D eigenvalue weighted by Gasteiger charge is 2.15. The van der Waals surface area contributed by atoms with E-state index in [-0.39, 0.29) is 12.5 Å². The van der Waals surface area contributed by atoms with Crippen LogP contribution in [0, 0.1) is 0 Å². The Kier molecular flexibility index (Phi) is 6.36. The van der Waals surface area contributed by atoms with Gasteiger partial charge < -0.3 is 14.7 Å². The van der Waals surface area contributed by atoms with Crippen molar-refractivity contribution in [1.82, 2.24) is 4.90 Å². The van der Waals surface area contributed by atoms with Crippen LogP contribution in [-0.2, 0) is 9.53 Å². The summed E-state index contributed by atoms with van der Waals surface area (Å²) in [6.07, 6.45) is 4.50. The van der Waals surface area contributed by atoms with Gasteiger partial charge >= 0.3 is 0 Å². The standard InChI is InChI=1S/C11H21NO3/c13-8-4-2-1-3-5-11(14)12-6-9-15-10-7-12/h13H,1-10H2. The third kappa shape index (κ3) is 5.14. The van der Waals surface area contributed by atoms with Crippen LogP contribution in [0.1, 0.15) is 32.1 Å². The number of carbonyl (C=O) groups excluding carboxylic acids is 1. The fourth-order valence-corrected chi connectivity index (χ4v) is 1.71. The van der Waals surface area contributed by atoms with Crippen LogP contribution in [0.5, 0.6) is 0 Å². The molecule has 1 rings (SSSR count). The number of carbonyl (C=O) groups is 1. The molecular weight excluding hydrogens is 194 g/mol. The van der Waals surface area contributed by atoms with Gasteiger partial charge in [0.1, 0.15) is 0 Å². The fourth-order valence-electron chi connectivity index (χ4n) is 1.71. The third-order valence-electron chi connectivity index (χ3n) is 2.66. The van der Waals surface area contributed by atoms with E-state index < -0.39 is 0 Å². The molecule has 1 amide bonds. The van der Waals surface area contributed by atoms with Gasteiger partial charge in [0, 0.05) is 26.1 Å². The first-order valence-electron chi connectivity index (χ1n) is 5.81. The van der Waals surface area contributed by atoms with Gasteiger partial charge in [0.15, 0.2) is 0 Å². The lowest BCUT2D eigenvalue weighted by atomic mass is 10.1. The van der Waals surface area contributed by atoms with Gasteiger partial charge in [-0.25, -0.2) is 0 Å². The van der Waals surface area contributed by atoms with Crippen molar-refractivity contribution < 1.29 is 14.6 Å². The van der Waals surface area contributed by atoms with Crippen LogP contribution in [-0.4, -0.2) is 48.8 Å². The lowest BCUT2D eigenvalue weighted by Crippen LogP contribution is -2.40. The predicted molar refractivity (Wildman–Crippen MR) is 57.6 cm³/mol. The maximum absolute atomic E-state index is 11.7. The van der Waals surface area contributed by atoms with E-state index in [1.54, 1.807) is 0 Å². The van der Waals surface area contributed by atoms with E-state index in [1.807, 2.05) is 4.90 Å². The summed E-state index contributed by atoms with van der Waals surface area (Å²) in [6, 6.07) is 0. The van der Waals surface area contributed by atoms with Crippen LogP contribution in [0.25, 0.3) is 0 Å². The molecule has 0 aliphatic carbocycles. The second-order valence-corrected chi connectivity index (χ2v) is 3.88. The van der Waals surface area contributed by atoms with Crippen LogP contribution < -0.4 is 0 Å². The summed E-state index contributed by atoms with van der Waals surface area (Å²) in [6.45, 7) is 3.11. The van der Waals surface area contributed by atoms with E-state index >= 15 is 0 Å². The number of aliphatic hydroxyl groups is 1. The van der Waals surface area contributed by atoms with E-state index in [0.717, 1.165) is 38.8 Å². The lowest BCUT2D eigenvalue weighted by molar-refractivity contribution is -0.135. The van der Waals surface area contributed by atoms with Crippen LogP contribution >= 0.6 is 0 Å². The van der Waals surface area contributed by atoms with Crippen molar-refractivity contribution in [3.8, 4) is 0 Å². The molecule has 1 aliphatic heterocycles. The zero-order valence-corrected chi connectivity index (χ0v) is 9.28. The highest BCUT2D eigenvalue weighted by molar-refractivity contribution is 5.76. The number of aliphatic hydroxyl groups excluding tert-OH is 1. The second-order valence-electron chi connectivity index (χ2n) is 3.88. The topological polar surface area (TPSA) is 49.8 Å². The van der Waals surface area contributed by atoms with Gasteiger partial charge in [-0.3, -0.25) is 4.79 Å². The average Bonchev–Trinajstić information content (AvgIpc) is 2.30. The highest BCUT2D eigenvalue weighted by Crippen LogP contribution is 2.06. The van der Waals surface area contributed by atoms with Crippen LogP contribution in [0.3, 0.4) is 0 Å². The van der Waals surface area contributed by atoms with Crippen molar-refractivity contribution in [2.75, 3.05) is 32.9 Å². The number of morpholine rings is 1. The van der Waals surface area contributed by atoms with Crippen LogP contribution in [0.2, 0.25) is 0 Å². The van der Waals surface area contributed by atoms with Crippen molar-refractivity contribution in [3.05, 3.63) is 0 Å². The molecule has 4 nitrogen and oxygen atoms in total. The van der Waals surface area contributed by atoms with Crippen LogP contribution in [0.4, 0.5) is 0 Å². The minimum atomic E-state index is 0.252. The highest BCUT2D eigenvalue weighted by atomic mass is 16.5. The summed E-state index contributed by atoms with van der Waals surface area (Å²) in [5, 5.41) is 8.59. The molecule has 0 unspecified atom stereocenters. The molecule has 0 atom stereocenters. The van der Waals surface area contributed by atoms with Gasteiger partial charge in [0.25, 0.3) is 0 Å². The van der Waals surface area contributed by atoms with Crippen molar-refractivity contribution in [1.29, 1.82) is 0 Å². The zero-order valence-electron chi connectivity index (χ0n) is 9.28. The summed E-state index contributed by atoms with van der Waals surface area (Å²) < 4.78 is 5.19. The van der Waals surface area contributed by atoms with Gasteiger partial charge in [0.2, 0.25) is 5.91 Å². The molecule has 1 fully saturated rings. The monoisotopic (exact) mass is 215 g/mol. The average molecular weight is 215 g/mol. The van der Waals surface area contributed by atoms with Gasteiger partial charge in [-0.05, 0) is 12.8 Å². The molecule has 0 radical (unpaired) electrons. The Hall–Kier alpha value is -0.610. The van der Waals surface area contributed by atoms with Crippen LogP contribution in [0.15, 0.2) is 0 Å². The van der Waals surface area contributed by atoms with Crippen molar-refractivity contribution in [3.63, 3.8) is 0 Å². The predicted octanol–water partition coefficient (Wildman–Crippen LogP) is 0.788. The first-order valence-corrected chi connectivity index (χ1v) is 5.81. The summed E-state index contributed by atoms with van der Waals surface area (Å²) in [4.78, 5) is 13.5. The SMILES string of the molecule is O=C(CCCCCCO)N1CCOCC1. The van der Waals surface area contributed by atoms with Gasteiger partial charge in [-0.15, -0.1) is 0 Å². The van der Waals surface area contributed by atoms with E-state index in [9.17, 15) is 4.79 Å². The van der Waals surface area contributed by atoms with E-state index in [0.29, 0.717) is 19.6 Å². The molecule has 0 spiro atoms. The van der Waals surface area contributed by atoms with Gasteiger partial charge in [0.05, 0.1) is 13.2 Å². The molecule has 0 aromatic rings.